The third kappa shape index (κ3) is 3.32. The van der Waals surface area contributed by atoms with E-state index in [2.05, 4.69) is 4.90 Å². The van der Waals surface area contributed by atoms with Crippen molar-refractivity contribution in [3.05, 3.63) is 42.0 Å². The molecule has 2 heterocycles. The molecule has 27 heavy (non-hydrogen) atoms. The molecule has 1 fully saturated rings. The molecule has 0 aromatic heterocycles. The lowest BCUT2D eigenvalue weighted by molar-refractivity contribution is 0.0746. The van der Waals surface area contributed by atoms with Crippen molar-refractivity contribution in [1.82, 2.24) is 4.90 Å². The number of fused-ring (bicyclic) bond motifs is 1. The molecule has 0 N–H and O–H groups in total. The average Bonchev–Trinajstić information content (AvgIpc) is 3.20. The van der Waals surface area contributed by atoms with Crippen LogP contribution in [0, 0.1) is 0 Å². The molecule has 1 amide bonds. The Kier molecular flexibility index (Phi) is 4.66. The summed E-state index contributed by atoms with van der Waals surface area (Å²) in [5.74, 6) is 2.72. The van der Waals surface area contributed by atoms with Crippen molar-refractivity contribution < 1.29 is 23.7 Å². The quantitative estimate of drug-likeness (QED) is 0.824. The second-order valence-electron chi connectivity index (χ2n) is 6.39. The SMILES string of the molecule is COc1ccc(C(=O)N2CCN(c3ccc4c(c3)OCO4)CC2)cc1OC. The van der Waals surface area contributed by atoms with E-state index in [1.54, 1.807) is 32.4 Å². The van der Waals surface area contributed by atoms with Gasteiger partial charge in [-0.3, -0.25) is 4.79 Å². The summed E-state index contributed by atoms with van der Waals surface area (Å²) in [4.78, 5) is 17.0. The van der Waals surface area contributed by atoms with E-state index in [1.165, 1.54) is 0 Å². The smallest absolute Gasteiger partial charge is 0.254 e. The second kappa shape index (κ2) is 7.26. The first kappa shape index (κ1) is 17.3. The molecule has 0 bridgehead atoms. The van der Waals surface area contributed by atoms with Crippen LogP contribution in [0.2, 0.25) is 0 Å². The van der Waals surface area contributed by atoms with E-state index in [9.17, 15) is 4.79 Å². The summed E-state index contributed by atoms with van der Waals surface area (Å²) in [6, 6.07) is 11.2. The van der Waals surface area contributed by atoms with Gasteiger partial charge in [0.25, 0.3) is 5.91 Å². The molecule has 7 nitrogen and oxygen atoms in total. The highest BCUT2D eigenvalue weighted by Crippen LogP contribution is 2.35. The third-order valence-electron chi connectivity index (χ3n) is 4.92. The van der Waals surface area contributed by atoms with E-state index in [0.29, 0.717) is 30.2 Å². The molecule has 2 aromatic rings. The zero-order chi connectivity index (χ0) is 18.8. The van der Waals surface area contributed by atoms with Crippen LogP contribution in [0.4, 0.5) is 5.69 Å². The lowest BCUT2D eigenvalue weighted by atomic mass is 10.1. The molecule has 2 aromatic carbocycles. The van der Waals surface area contributed by atoms with E-state index in [0.717, 1.165) is 30.3 Å². The second-order valence-corrected chi connectivity index (χ2v) is 6.39. The van der Waals surface area contributed by atoms with Crippen LogP contribution in [0.15, 0.2) is 36.4 Å². The zero-order valence-corrected chi connectivity index (χ0v) is 15.4. The van der Waals surface area contributed by atoms with E-state index in [-0.39, 0.29) is 12.7 Å². The van der Waals surface area contributed by atoms with Crippen molar-refractivity contribution in [2.45, 2.75) is 0 Å². The van der Waals surface area contributed by atoms with Crippen molar-refractivity contribution >= 4 is 11.6 Å². The van der Waals surface area contributed by atoms with Crippen LogP contribution in [-0.4, -0.2) is 58.0 Å². The summed E-state index contributed by atoms with van der Waals surface area (Å²) >= 11 is 0. The van der Waals surface area contributed by atoms with Gasteiger partial charge in [-0.15, -0.1) is 0 Å². The summed E-state index contributed by atoms with van der Waals surface area (Å²) in [7, 11) is 3.14. The summed E-state index contributed by atoms with van der Waals surface area (Å²) in [6.45, 7) is 3.10. The molecule has 0 aliphatic carbocycles. The van der Waals surface area contributed by atoms with Gasteiger partial charge >= 0.3 is 0 Å². The molecule has 0 atom stereocenters. The molecular formula is C20H22N2O5. The van der Waals surface area contributed by atoms with Gasteiger partial charge in [-0.05, 0) is 30.3 Å². The van der Waals surface area contributed by atoms with Crippen LogP contribution in [0.25, 0.3) is 0 Å². The summed E-state index contributed by atoms with van der Waals surface area (Å²) in [5.41, 5.74) is 1.68. The van der Waals surface area contributed by atoms with E-state index in [1.807, 2.05) is 23.1 Å². The van der Waals surface area contributed by atoms with Gasteiger partial charge in [0, 0.05) is 43.5 Å². The fourth-order valence-electron chi connectivity index (χ4n) is 3.40. The number of nitrogens with zero attached hydrogens (tertiary/aromatic N) is 2. The normalized spacial score (nSPS) is 15.6. The van der Waals surface area contributed by atoms with Crippen molar-refractivity contribution in [3.63, 3.8) is 0 Å². The van der Waals surface area contributed by atoms with E-state index in [4.69, 9.17) is 18.9 Å². The zero-order valence-electron chi connectivity index (χ0n) is 15.4. The summed E-state index contributed by atoms with van der Waals surface area (Å²) in [5, 5.41) is 0. The summed E-state index contributed by atoms with van der Waals surface area (Å²) < 4.78 is 21.3. The van der Waals surface area contributed by atoms with Gasteiger partial charge in [0.05, 0.1) is 14.2 Å². The molecule has 0 saturated carbocycles. The van der Waals surface area contributed by atoms with Crippen molar-refractivity contribution in [2.24, 2.45) is 0 Å². The maximum atomic E-state index is 12.8. The molecule has 2 aliphatic heterocycles. The first-order chi connectivity index (χ1) is 13.2. The molecular weight excluding hydrogens is 348 g/mol. The first-order valence-corrected chi connectivity index (χ1v) is 8.85. The van der Waals surface area contributed by atoms with Gasteiger partial charge in [0.1, 0.15) is 0 Å². The number of carbonyl (C=O) groups excluding carboxylic acids is 1. The van der Waals surface area contributed by atoms with Crippen LogP contribution in [0.3, 0.4) is 0 Å². The summed E-state index contributed by atoms with van der Waals surface area (Å²) in [6.07, 6.45) is 0. The number of piperazine rings is 1. The third-order valence-corrected chi connectivity index (χ3v) is 4.92. The van der Waals surface area contributed by atoms with Gasteiger partial charge in [0.2, 0.25) is 6.79 Å². The number of carbonyl (C=O) groups is 1. The number of methoxy groups -OCH3 is 2. The topological polar surface area (TPSA) is 60.5 Å². The minimum atomic E-state index is 0.00119. The van der Waals surface area contributed by atoms with Crippen molar-refractivity contribution in [1.29, 1.82) is 0 Å². The van der Waals surface area contributed by atoms with Crippen LogP contribution in [0.1, 0.15) is 10.4 Å². The number of amides is 1. The van der Waals surface area contributed by atoms with Gasteiger partial charge in [-0.2, -0.15) is 0 Å². The number of anilines is 1. The van der Waals surface area contributed by atoms with Crippen LogP contribution >= 0.6 is 0 Å². The van der Waals surface area contributed by atoms with Crippen molar-refractivity contribution in [2.75, 3.05) is 52.1 Å². The van der Waals surface area contributed by atoms with Crippen LogP contribution in [0.5, 0.6) is 23.0 Å². The van der Waals surface area contributed by atoms with E-state index < -0.39 is 0 Å². The maximum Gasteiger partial charge on any atom is 0.254 e. The Bertz CT molecular complexity index is 846. The Morgan fingerprint density at radius 1 is 0.889 bits per heavy atom. The molecule has 7 heteroatoms. The lowest BCUT2D eigenvalue weighted by Gasteiger charge is -2.36. The molecule has 1 saturated heterocycles. The fourth-order valence-corrected chi connectivity index (χ4v) is 3.40. The molecule has 0 radical (unpaired) electrons. The highest BCUT2D eigenvalue weighted by molar-refractivity contribution is 5.95. The Hall–Kier alpha value is -3.09. The minimum Gasteiger partial charge on any atom is -0.493 e. The van der Waals surface area contributed by atoms with Gasteiger partial charge in [-0.25, -0.2) is 0 Å². The number of hydrogen-bond donors (Lipinski definition) is 0. The number of rotatable bonds is 4. The van der Waals surface area contributed by atoms with Gasteiger partial charge < -0.3 is 28.7 Å². The van der Waals surface area contributed by atoms with Gasteiger partial charge in [0.15, 0.2) is 23.0 Å². The predicted octanol–water partition coefficient (Wildman–Crippen LogP) is 2.39. The fraction of sp³-hybridized carbons (Fsp3) is 0.350. The van der Waals surface area contributed by atoms with Crippen molar-refractivity contribution in [3.8, 4) is 23.0 Å². The molecule has 4 rings (SSSR count). The van der Waals surface area contributed by atoms with Crippen LogP contribution in [-0.2, 0) is 0 Å². The molecule has 2 aliphatic rings. The standard InChI is InChI=1S/C20H22N2O5/c1-24-16-5-3-14(11-18(16)25-2)20(23)22-9-7-21(8-10-22)15-4-6-17-19(12-15)27-13-26-17/h3-6,11-12H,7-10,13H2,1-2H3. The number of benzene rings is 2. The maximum absolute atomic E-state index is 12.8. The highest BCUT2D eigenvalue weighted by Gasteiger charge is 2.24. The Labute approximate surface area is 158 Å². The predicted molar refractivity (Wildman–Crippen MR) is 100 cm³/mol. The monoisotopic (exact) mass is 370 g/mol. The lowest BCUT2D eigenvalue weighted by Crippen LogP contribution is -2.48. The number of ether oxygens (including phenoxy) is 4. The van der Waals surface area contributed by atoms with E-state index >= 15 is 0 Å². The molecule has 142 valence electrons. The minimum absolute atomic E-state index is 0.00119. The Balaban J connectivity index is 1.42. The first-order valence-electron chi connectivity index (χ1n) is 8.85. The average molecular weight is 370 g/mol. The van der Waals surface area contributed by atoms with Gasteiger partial charge in [-0.1, -0.05) is 0 Å². The van der Waals surface area contributed by atoms with Crippen LogP contribution < -0.4 is 23.8 Å². The Morgan fingerprint density at radius 2 is 1.63 bits per heavy atom. The highest BCUT2D eigenvalue weighted by atomic mass is 16.7. The number of hydrogen-bond acceptors (Lipinski definition) is 6. The Morgan fingerprint density at radius 3 is 2.37 bits per heavy atom. The molecule has 0 spiro atoms. The largest absolute Gasteiger partial charge is 0.493 e. The molecule has 0 unspecified atom stereocenters.